The highest BCUT2D eigenvalue weighted by atomic mass is 79.9. The predicted molar refractivity (Wildman–Crippen MR) is 74.8 cm³/mol. The van der Waals surface area contributed by atoms with Crippen molar-refractivity contribution in [2.24, 2.45) is 5.92 Å². The quantitative estimate of drug-likeness (QED) is 0.924. The third-order valence-electron chi connectivity index (χ3n) is 3.46. The lowest BCUT2D eigenvalue weighted by Gasteiger charge is -2.30. The second-order valence-electron chi connectivity index (χ2n) is 4.75. The lowest BCUT2D eigenvalue weighted by atomic mass is 9.97. The second kappa shape index (κ2) is 6.19. The average molecular weight is 326 g/mol. The molecule has 1 atom stereocenters. The zero-order valence-corrected chi connectivity index (χ0v) is 12.1. The molecule has 0 spiro atoms. The predicted octanol–water partition coefficient (Wildman–Crippen LogP) is 2.31. The zero-order chi connectivity index (χ0) is 13.8. The molecule has 5 heteroatoms. The van der Waals surface area contributed by atoms with Crippen molar-refractivity contribution in [3.63, 3.8) is 0 Å². The van der Waals surface area contributed by atoms with Crippen LogP contribution in [0.5, 0.6) is 0 Å². The fourth-order valence-electron chi connectivity index (χ4n) is 2.29. The molecule has 4 nitrogen and oxygen atoms in total. The number of piperidine rings is 1. The first-order valence-electron chi connectivity index (χ1n) is 6.32. The van der Waals surface area contributed by atoms with E-state index in [0.717, 1.165) is 16.5 Å². The van der Waals surface area contributed by atoms with Crippen LogP contribution in [-0.4, -0.2) is 35.0 Å². The maximum absolute atomic E-state index is 11.8. The molecule has 1 fully saturated rings. The van der Waals surface area contributed by atoms with Crippen molar-refractivity contribution in [1.29, 1.82) is 0 Å². The molecule has 0 aromatic heterocycles. The smallest absolute Gasteiger partial charge is 0.308 e. The van der Waals surface area contributed by atoms with Crippen LogP contribution in [0.25, 0.3) is 0 Å². The van der Waals surface area contributed by atoms with E-state index in [-0.39, 0.29) is 5.91 Å². The van der Waals surface area contributed by atoms with Crippen LogP contribution in [0.1, 0.15) is 18.4 Å². The Labute approximate surface area is 120 Å². The van der Waals surface area contributed by atoms with Gasteiger partial charge in [-0.2, -0.15) is 0 Å². The van der Waals surface area contributed by atoms with Crippen LogP contribution in [0.3, 0.4) is 0 Å². The summed E-state index contributed by atoms with van der Waals surface area (Å²) in [5.41, 5.74) is 1.13. The van der Waals surface area contributed by atoms with Crippen LogP contribution in [0.15, 0.2) is 28.7 Å². The Morgan fingerprint density at radius 3 is 2.84 bits per heavy atom. The number of carbonyl (C=O) groups is 2. The molecule has 1 aromatic rings. The minimum Gasteiger partial charge on any atom is -0.481 e. The molecular weight excluding hydrogens is 310 g/mol. The highest BCUT2D eigenvalue weighted by Gasteiger charge is 2.29. The molecule has 19 heavy (non-hydrogen) atoms. The molecule has 1 amide bonds. The summed E-state index contributed by atoms with van der Waals surface area (Å²) in [4.78, 5) is 24.4. The number of hydrogen-bond donors (Lipinski definition) is 1. The molecule has 0 aliphatic carbocycles. The SMILES string of the molecule is O=C(O)C1CCC(=O)N(CCc2ccccc2Br)C1. The molecule has 1 aliphatic heterocycles. The normalized spacial score (nSPS) is 19.5. The van der Waals surface area contributed by atoms with Crippen molar-refractivity contribution < 1.29 is 14.7 Å². The topological polar surface area (TPSA) is 57.6 Å². The third kappa shape index (κ3) is 3.56. The van der Waals surface area contributed by atoms with Gasteiger partial charge in [-0.1, -0.05) is 34.1 Å². The number of nitrogens with zero attached hydrogens (tertiary/aromatic N) is 1. The molecule has 0 saturated carbocycles. The summed E-state index contributed by atoms with van der Waals surface area (Å²) in [6.45, 7) is 0.907. The van der Waals surface area contributed by atoms with Crippen LogP contribution in [0.4, 0.5) is 0 Å². The van der Waals surface area contributed by atoms with Gasteiger partial charge in [0.05, 0.1) is 5.92 Å². The summed E-state index contributed by atoms with van der Waals surface area (Å²) in [7, 11) is 0. The summed E-state index contributed by atoms with van der Waals surface area (Å²) in [5.74, 6) is -1.17. The molecule has 1 N–H and O–H groups in total. The number of rotatable bonds is 4. The van der Waals surface area contributed by atoms with Gasteiger partial charge in [0.2, 0.25) is 5.91 Å². The lowest BCUT2D eigenvalue weighted by Crippen LogP contribution is -2.43. The van der Waals surface area contributed by atoms with Crippen LogP contribution < -0.4 is 0 Å². The molecule has 1 heterocycles. The first-order valence-corrected chi connectivity index (χ1v) is 7.11. The Morgan fingerprint density at radius 2 is 2.16 bits per heavy atom. The van der Waals surface area contributed by atoms with Gasteiger partial charge in [-0.3, -0.25) is 9.59 Å². The monoisotopic (exact) mass is 325 g/mol. The Morgan fingerprint density at radius 1 is 1.42 bits per heavy atom. The number of amides is 1. The van der Waals surface area contributed by atoms with E-state index in [1.165, 1.54) is 0 Å². The Balaban J connectivity index is 1.96. The molecule has 0 bridgehead atoms. The lowest BCUT2D eigenvalue weighted by molar-refractivity contribution is -0.147. The molecule has 1 aliphatic rings. The van der Waals surface area contributed by atoms with E-state index in [2.05, 4.69) is 15.9 Å². The van der Waals surface area contributed by atoms with E-state index < -0.39 is 11.9 Å². The summed E-state index contributed by atoms with van der Waals surface area (Å²) in [5, 5.41) is 9.03. The number of likely N-dealkylation sites (tertiary alicyclic amines) is 1. The van der Waals surface area contributed by atoms with Gasteiger partial charge in [0.25, 0.3) is 0 Å². The van der Waals surface area contributed by atoms with E-state index in [0.29, 0.717) is 25.9 Å². The molecule has 1 aromatic carbocycles. The Hall–Kier alpha value is -1.36. The van der Waals surface area contributed by atoms with Gasteiger partial charge in [-0.25, -0.2) is 0 Å². The molecule has 1 unspecified atom stereocenters. The van der Waals surface area contributed by atoms with Gasteiger partial charge in [0.15, 0.2) is 0 Å². The molecule has 1 saturated heterocycles. The number of carboxylic acid groups (broad SMARTS) is 1. The van der Waals surface area contributed by atoms with Crippen molar-refractivity contribution >= 4 is 27.8 Å². The highest BCUT2D eigenvalue weighted by Crippen LogP contribution is 2.20. The molecule has 2 rings (SSSR count). The summed E-state index contributed by atoms with van der Waals surface area (Å²) < 4.78 is 1.02. The van der Waals surface area contributed by atoms with E-state index in [1.54, 1.807) is 4.90 Å². The van der Waals surface area contributed by atoms with Gasteiger partial charge in [0.1, 0.15) is 0 Å². The summed E-state index contributed by atoms with van der Waals surface area (Å²) >= 11 is 3.47. The van der Waals surface area contributed by atoms with Gasteiger partial charge in [-0.15, -0.1) is 0 Å². The van der Waals surface area contributed by atoms with Crippen molar-refractivity contribution in [3.05, 3.63) is 34.3 Å². The van der Waals surface area contributed by atoms with E-state index >= 15 is 0 Å². The average Bonchev–Trinajstić information content (AvgIpc) is 2.39. The maximum Gasteiger partial charge on any atom is 0.308 e. The fourth-order valence-corrected chi connectivity index (χ4v) is 2.77. The van der Waals surface area contributed by atoms with Gasteiger partial charge in [-0.05, 0) is 24.5 Å². The number of halogens is 1. The van der Waals surface area contributed by atoms with Gasteiger partial charge in [0, 0.05) is 24.0 Å². The first-order chi connectivity index (χ1) is 9.08. The zero-order valence-electron chi connectivity index (χ0n) is 10.5. The minimum atomic E-state index is -0.807. The van der Waals surface area contributed by atoms with Crippen LogP contribution in [0, 0.1) is 5.92 Å². The maximum atomic E-state index is 11.8. The largest absolute Gasteiger partial charge is 0.481 e. The van der Waals surface area contributed by atoms with Crippen LogP contribution in [0.2, 0.25) is 0 Å². The summed E-state index contributed by atoms with van der Waals surface area (Å²) in [6, 6.07) is 7.87. The first kappa shape index (κ1) is 14.1. The van der Waals surface area contributed by atoms with E-state index in [4.69, 9.17) is 5.11 Å². The second-order valence-corrected chi connectivity index (χ2v) is 5.61. The van der Waals surface area contributed by atoms with E-state index in [1.807, 2.05) is 24.3 Å². The van der Waals surface area contributed by atoms with Gasteiger partial charge >= 0.3 is 5.97 Å². The van der Waals surface area contributed by atoms with Crippen molar-refractivity contribution in [2.75, 3.05) is 13.1 Å². The number of carboxylic acids is 1. The molecule has 102 valence electrons. The standard InChI is InChI=1S/C14H16BrNO3/c15-12-4-2-1-3-10(12)7-8-16-9-11(14(18)19)5-6-13(16)17/h1-4,11H,5-9H2,(H,18,19). The summed E-state index contributed by atoms with van der Waals surface area (Å²) in [6.07, 6.45) is 1.53. The Kier molecular flexibility index (Phi) is 4.58. The number of aliphatic carboxylic acids is 1. The van der Waals surface area contributed by atoms with Crippen LogP contribution >= 0.6 is 15.9 Å². The molecular formula is C14H16BrNO3. The Bertz CT molecular complexity index is 489. The van der Waals surface area contributed by atoms with E-state index in [9.17, 15) is 9.59 Å². The number of hydrogen-bond acceptors (Lipinski definition) is 2. The number of carbonyl (C=O) groups excluding carboxylic acids is 1. The van der Waals surface area contributed by atoms with Crippen LogP contribution in [-0.2, 0) is 16.0 Å². The fraction of sp³-hybridized carbons (Fsp3) is 0.429. The number of benzene rings is 1. The van der Waals surface area contributed by atoms with Crippen molar-refractivity contribution in [1.82, 2.24) is 4.90 Å². The molecule has 0 radical (unpaired) electrons. The van der Waals surface area contributed by atoms with Gasteiger partial charge < -0.3 is 10.0 Å². The minimum absolute atomic E-state index is 0.0598. The highest BCUT2D eigenvalue weighted by molar-refractivity contribution is 9.10. The van der Waals surface area contributed by atoms with Crippen molar-refractivity contribution in [3.8, 4) is 0 Å². The van der Waals surface area contributed by atoms with Crippen molar-refractivity contribution in [2.45, 2.75) is 19.3 Å². The third-order valence-corrected chi connectivity index (χ3v) is 4.23.